The molecule has 2 atom stereocenters. The van der Waals surface area contributed by atoms with E-state index in [9.17, 15) is 10.2 Å². The number of phenols is 2. The average molecular weight is 508 g/mol. The second-order valence-electron chi connectivity index (χ2n) is 10.8. The van der Waals surface area contributed by atoms with Crippen LogP contribution in [0.3, 0.4) is 0 Å². The molecule has 4 aromatic carbocycles. The van der Waals surface area contributed by atoms with E-state index in [1.54, 1.807) is 0 Å². The lowest BCUT2D eigenvalue weighted by atomic mass is 9.86. The van der Waals surface area contributed by atoms with Gasteiger partial charge < -0.3 is 15.1 Å². The van der Waals surface area contributed by atoms with Gasteiger partial charge in [-0.2, -0.15) is 0 Å². The smallest absolute Gasteiger partial charge is 0.119 e. The van der Waals surface area contributed by atoms with Crippen molar-refractivity contribution in [2.45, 2.75) is 58.4 Å². The Bertz CT molecular complexity index is 1200. The van der Waals surface area contributed by atoms with Crippen molar-refractivity contribution in [2.24, 2.45) is 0 Å². The molecule has 0 radical (unpaired) electrons. The summed E-state index contributed by atoms with van der Waals surface area (Å²) in [5.41, 5.74) is 6.75. The molecule has 0 heterocycles. The van der Waals surface area contributed by atoms with E-state index in [0.29, 0.717) is 17.5 Å². The van der Waals surface area contributed by atoms with Crippen molar-refractivity contribution in [2.75, 3.05) is 13.1 Å². The van der Waals surface area contributed by atoms with Gasteiger partial charge in [-0.05, 0) is 76.9 Å². The Morgan fingerprint density at radius 1 is 0.579 bits per heavy atom. The van der Waals surface area contributed by atoms with E-state index in [1.807, 2.05) is 36.4 Å². The van der Waals surface area contributed by atoms with E-state index in [-0.39, 0.29) is 11.8 Å². The first kappa shape index (κ1) is 27.5. The molecule has 0 fully saturated rings. The van der Waals surface area contributed by atoms with E-state index in [1.165, 1.54) is 11.1 Å². The van der Waals surface area contributed by atoms with Crippen molar-refractivity contribution < 1.29 is 10.2 Å². The highest BCUT2D eigenvalue weighted by molar-refractivity contribution is 5.44. The number of rotatable bonds is 11. The highest BCUT2D eigenvalue weighted by Gasteiger charge is 2.23. The number of hydrogen-bond acceptors (Lipinski definition) is 3. The number of benzene rings is 4. The van der Waals surface area contributed by atoms with Gasteiger partial charge in [-0.25, -0.2) is 0 Å². The van der Waals surface area contributed by atoms with Gasteiger partial charge in [0.05, 0.1) is 0 Å². The van der Waals surface area contributed by atoms with Gasteiger partial charge in [-0.1, -0.05) is 96.1 Å². The van der Waals surface area contributed by atoms with Crippen LogP contribution in [0.2, 0.25) is 0 Å². The van der Waals surface area contributed by atoms with Gasteiger partial charge in [0.1, 0.15) is 11.5 Å². The lowest BCUT2D eigenvalue weighted by Crippen LogP contribution is -2.34. The van der Waals surface area contributed by atoms with Crippen LogP contribution >= 0.6 is 0 Å². The Hall–Kier alpha value is -3.56. The van der Waals surface area contributed by atoms with Crippen molar-refractivity contribution in [1.29, 1.82) is 0 Å². The topological polar surface area (TPSA) is 43.7 Å². The first-order valence-electron chi connectivity index (χ1n) is 13.8. The van der Waals surface area contributed by atoms with Crippen molar-refractivity contribution in [3.05, 3.63) is 130 Å². The summed E-state index contributed by atoms with van der Waals surface area (Å²) in [7, 11) is 0. The Morgan fingerprint density at radius 3 is 1.34 bits per heavy atom. The summed E-state index contributed by atoms with van der Waals surface area (Å²) in [5.74, 6) is 0.949. The largest absolute Gasteiger partial charge is 0.508 e. The quantitative estimate of drug-likeness (QED) is 0.215. The van der Waals surface area contributed by atoms with E-state index in [2.05, 4.69) is 93.3 Å². The van der Waals surface area contributed by atoms with Crippen LogP contribution < -0.4 is 0 Å². The SMILES string of the molecule is Cc1ccc(O)c(C(CCN(CCC(c2ccccc2)c2cc(C)ccc2O)C(C)C)c2ccccc2)c1. The molecular weight excluding hydrogens is 466 g/mol. The zero-order valence-electron chi connectivity index (χ0n) is 23.1. The summed E-state index contributed by atoms with van der Waals surface area (Å²) in [4.78, 5) is 2.53. The highest BCUT2D eigenvalue weighted by atomic mass is 16.3. The van der Waals surface area contributed by atoms with Crippen LogP contribution in [0.25, 0.3) is 0 Å². The number of phenolic OH excluding ortho intramolecular Hbond substituents is 2. The van der Waals surface area contributed by atoms with E-state index in [0.717, 1.165) is 48.2 Å². The minimum atomic E-state index is 0.114. The van der Waals surface area contributed by atoms with Crippen LogP contribution in [0.4, 0.5) is 0 Å². The lowest BCUT2D eigenvalue weighted by Gasteiger charge is -2.31. The maximum Gasteiger partial charge on any atom is 0.119 e. The number of nitrogens with zero attached hydrogens (tertiary/aromatic N) is 1. The number of hydrogen-bond donors (Lipinski definition) is 2. The van der Waals surface area contributed by atoms with Crippen LogP contribution in [-0.2, 0) is 0 Å². The number of aryl methyl sites for hydroxylation is 2. The zero-order valence-corrected chi connectivity index (χ0v) is 23.1. The second kappa shape index (κ2) is 12.8. The van der Waals surface area contributed by atoms with Gasteiger partial charge in [0.25, 0.3) is 0 Å². The molecule has 0 aliphatic rings. The Labute approximate surface area is 228 Å². The third-order valence-electron chi connectivity index (χ3n) is 7.66. The van der Waals surface area contributed by atoms with Gasteiger partial charge in [0, 0.05) is 29.0 Å². The highest BCUT2D eigenvalue weighted by Crippen LogP contribution is 2.37. The molecule has 4 aromatic rings. The molecule has 38 heavy (non-hydrogen) atoms. The first-order chi connectivity index (χ1) is 18.3. The molecule has 4 rings (SSSR count). The van der Waals surface area contributed by atoms with Gasteiger partial charge >= 0.3 is 0 Å². The maximum atomic E-state index is 10.8. The Balaban J connectivity index is 1.57. The average Bonchev–Trinajstić information content (AvgIpc) is 2.92. The summed E-state index contributed by atoms with van der Waals surface area (Å²) in [5, 5.41) is 21.6. The van der Waals surface area contributed by atoms with Gasteiger partial charge in [-0.3, -0.25) is 0 Å². The molecule has 0 amide bonds. The molecular formula is C35H41NO2. The Morgan fingerprint density at radius 2 is 0.974 bits per heavy atom. The third-order valence-corrected chi connectivity index (χ3v) is 7.66. The summed E-state index contributed by atoms with van der Waals surface area (Å²) >= 11 is 0. The summed E-state index contributed by atoms with van der Waals surface area (Å²) < 4.78 is 0. The molecule has 2 unspecified atom stereocenters. The molecule has 0 saturated carbocycles. The summed E-state index contributed by atoms with van der Waals surface area (Å²) in [6.07, 6.45) is 1.82. The van der Waals surface area contributed by atoms with E-state index in [4.69, 9.17) is 0 Å². The first-order valence-corrected chi connectivity index (χ1v) is 13.8. The lowest BCUT2D eigenvalue weighted by molar-refractivity contribution is 0.210. The monoisotopic (exact) mass is 507 g/mol. The Kier molecular flexibility index (Phi) is 9.25. The van der Waals surface area contributed by atoms with E-state index >= 15 is 0 Å². The minimum absolute atomic E-state index is 0.114. The predicted octanol–water partition coefficient (Wildman–Crippen LogP) is 8.17. The van der Waals surface area contributed by atoms with E-state index < -0.39 is 0 Å². The predicted molar refractivity (Wildman–Crippen MR) is 158 cm³/mol. The molecule has 0 bridgehead atoms. The fourth-order valence-corrected chi connectivity index (χ4v) is 5.50. The second-order valence-corrected chi connectivity index (χ2v) is 10.8. The molecule has 3 heteroatoms. The van der Waals surface area contributed by atoms with Crippen molar-refractivity contribution in [1.82, 2.24) is 4.90 Å². The molecule has 0 aliphatic carbocycles. The molecule has 198 valence electrons. The fourth-order valence-electron chi connectivity index (χ4n) is 5.50. The van der Waals surface area contributed by atoms with Crippen LogP contribution in [-0.4, -0.2) is 34.2 Å². The fraction of sp³-hybridized carbons (Fsp3) is 0.314. The molecule has 0 aromatic heterocycles. The van der Waals surface area contributed by atoms with Crippen LogP contribution in [0.5, 0.6) is 11.5 Å². The third kappa shape index (κ3) is 6.85. The van der Waals surface area contributed by atoms with Gasteiger partial charge in [0.2, 0.25) is 0 Å². The van der Waals surface area contributed by atoms with Crippen molar-refractivity contribution in [3.63, 3.8) is 0 Å². The normalized spacial score (nSPS) is 13.1. The minimum Gasteiger partial charge on any atom is -0.508 e. The van der Waals surface area contributed by atoms with Crippen LogP contribution in [0, 0.1) is 13.8 Å². The van der Waals surface area contributed by atoms with Crippen LogP contribution in [0.15, 0.2) is 97.1 Å². The standard InChI is InChI=1S/C35H41NO2/c1-25(2)36(21-19-30(28-11-7-5-8-12-28)32-23-26(3)15-17-34(32)37)22-20-31(29-13-9-6-10-14-29)33-24-27(4)16-18-35(33)38/h5-18,23-25,30-31,37-38H,19-22H2,1-4H3. The molecule has 0 spiro atoms. The summed E-state index contributed by atoms with van der Waals surface area (Å²) in [6.45, 7) is 10.5. The number of aromatic hydroxyl groups is 2. The van der Waals surface area contributed by atoms with Crippen LogP contribution in [0.1, 0.15) is 71.9 Å². The van der Waals surface area contributed by atoms with Crippen molar-refractivity contribution in [3.8, 4) is 11.5 Å². The summed E-state index contributed by atoms with van der Waals surface area (Å²) in [6, 6.07) is 33.2. The molecule has 2 N–H and O–H groups in total. The van der Waals surface area contributed by atoms with Crippen molar-refractivity contribution >= 4 is 0 Å². The molecule has 0 aliphatic heterocycles. The molecule has 0 saturated heterocycles. The maximum absolute atomic E-state index is 10.8. The van der Waals surface area contributed by atoms with Gasteiger partial charge in [0.15, 0.2) is 0 Å². The van der Waals surface area contributed by atoms with Gasteiger partial charge in [-0.15, -0.1) is 0 Å². The molecule has 3 nitrogen and oxygen atoms in total. The zero-order chi connectivity index (χ0) is 27.1.